The largest absolute Gasteiger partial charge is 0.465 e. The number of nitrogens with zero attached hydrogens (tertiary/aromatic N) is 1. The number of anilines is 1. The minimum Gasteiger partial charge on any atom is -0.465 e. The number of esters is 1. The third-order valence-corrected chi connectivity index (χ3v) is 5.10. The van der Waals surface area contributed by atoms with Crippen molar-refractivity contribution in [1.29, 1.82) is 0 Å². The predicted molar refractivity (Wildman–Crippen MR) is 105 cm³/mol. The number of pyridine rings is 1. The van der Waals surface area contributed by atoms with Crippen LogP contribution in [0.1, 0.15) is 27.5 Å². The zero-order valence-corrected chi connectivity index (χ0v) is 14.7. The van der Waals surface area contributed by atoms with Crippen molar-refractivity contribution in [3.8, 4) is 11.1 Å². The van der Waals surface area contributed by atoms with Crippen LogP contribution in [0.15, 0.2) is 67.0 Å². The van der Waals surface area contributed by atoms with Crippen molar-refractivity contribution < 1.29 is 9.53 Å². The number of aromatic nitrogens is 2. The van der Waals surface area contributed by atoms with Gasteiger partial charge in [-0.15, -0.1) is 0 Å². The first-order valence-electron chi connectivity index (χ1n) is 8.76. The Morgan fingerprint density at radius 1 is 1.04 bits per heavy atom. The molecule has 0 fully saturated rings. The first-order valence-corrected chi connectivity index (χ1v) is 8.76. The number of para-hydroxylation sites is 1. The topological polar surface area (TPSA) is 67.0 Å². The van der Waals surface area contributed by atoms with E-state index in [0.29, 0.717) is 5.56 Å². The van der Waals surface area contributed by atoms with Gasteiger partial charge in [-0.2, -0.15) is 0 Å². The Kier molecular flexibility index (Phi) is 3.47. The van der Waals surface area contributed by atoms with Gasteiger partial charge in [-0.3, -0.25) is 0 Å². The van der Waals surface area contributed by atoms with Crippen molar-refractivity contribution in [2.45, 2.75) is 6.04 Å². The van der Waals surface area contributed by atoms with Gasteiger partial charge in [0, 0.05) is 34.6 Å². The Morgan fingerprint density at radius 3 is 2.67 bits per heavy atom. The van der Waals surface area contributed by atoms with E-state index in [9.17, 15) is 4.79 Å². The van der Waals surface area contributed by atoms with Gasteiger partial charge in [-0.25, -0.2) is 9.78 Å². The van der Waals surface area contributed by atoms with E-state index >= 15 is 0 Å². The number of rotatable bonds is 2. The quantitative estimate of drug-likeness (QED) is 0.518. The second-order valence-corrected chi connectivity index (χ2v) is 6.56. The molecule has 27 heavy (non-hydrogen) atoms. The van der Waals surface area contributed by atoms with E-state index in [0.717, 1.165) is 39.0 Å². The van der Waals surface area contributed by atoms with Crippen molar-refractivity contribution in [3.05, 3.63) is 83.7 Å². The molecule has 0 amide bonds. The maximum Gasteiger partial charge on any atom is 0.337 e. The van der Waals surface area contributed by atoms with Crippen LogP contribution in [0.3, 0.4) is 0 Å². The normalized spacial score (nSPS) is 14.9. The number of methoxy groups -OCH3 is 1. The molecule has 0 bridgehead atoms. The fraction of sp³-hybridized carbons (Fsp3) is 0.0909. The molecule has 1 aliphatic heterocycles. The van der Waals surface area contributed by atoms with Gasteiger partial charge in [-0.05, 0) is 35.4 Å². The van der Waals surface area contributed by atoms with E-state index in [-0.39, 0.29) is 12.0 Å². The number of nitrogens with one attached hydrogen (secondary N) is 2. The van der Waals surface area contributed by atoms with Gasteiger partial charge in [0.05, 0.1) is 18.7 Å². The van der Waals surface area contributed by atoms with Crippen LogP contribution in [0.5, 0.6) is 0 Å². The van der Waals surface area contributed by atoms with Crippen LogP contribution in [0, 0.1) is 0 Å². The van der Waals surface area contributed by atoms with Crippen LogP contribution in [0.25, 0.3) is 22.2 Å². The van der Waals surface area contributed by atoms with E-state index in [4.69, 9.17) is 4.74 Å². The van der Waals surface area contributed by atoms with E-state index < -0.39 is 0 Å². The van der Waals surface area contributed by atoms with Crippen LogP contribution >= 0.6 is 0 Å². The fourth-order valence-corrected chi connectivity index (χ4v) is 3.80. The molecular formula is C22H17N3O2. The number of H-pyrrole nitrogens is 1. The van der Waals surface area contributed by atoms with Gasteiger partial charge >= 0.3 is 5.97 Å². The molecule has 3 heterocycles. The molecular weight excluding hydrogens is 338 g/mol. The molecule has 0 aliphatic carbocycles. The second kappa shape index (κ2) is 5.99. The minimum atomic E-state index is -0.334. The lowest BCUT2D eigenvalue weighted by Crippen LogP contribution is -2.12. The molecule has 2 aromatic carbocycles. The highest BCUT2D eigenvalue weighted by atomic mass is 16.5. The highest BCUT2D eigenvalue weighted by Crippen LogP contribution is 2.43. The molecule has 1 atom stereocenters. The van der Waals surface area contributed by atoms with Gasteiger partial charge in [0.25, 0.3) is 0 Å². The summed E-state index contributed by atoms with van der Waals surface area (Å²) >= 11 is 0. The number of carbonyl (C=O) groups is 1. The van der Waals surface area contributed by atoms with E-state index in [1.54, 1.807) is 12.1 Å². The Bertz CT molecular complexity index is 1160. The summed E-state index contributed by atoms with van der Waals surface area (Å²) in [4.78, 5) is 19.5. The van der Waals surface area contributed by atoms with Crippen LogP contribution in [0.2, 0.25) is 0 Å². The smallest absolute Gasteiger partial charge is 0.337 e. The zero-order valence-electron chi connectivity index (χ0n) is 14.7. The predicted octanol–water partition coefficient (Wildman–Crippen LogP) is 4.53. The Morgan fingerprint density at radius 2 is 1.85 bits per heavy atom. The number of benzene rings is 2. The monoisotopic (exact) mass is 355 g/mol. The van der Waals surface area contributed by atoms with Gasteiger partial charge in [-0.1, -0.05) is 30.3 Å². The molecule has 0 radical (unpaired) electrons. The summed E-state index contributed by atoms with van der Waals surface area (Å²) in [7, 11) is 1.39. The third kappa shape index (κ3) is 2.39. The van der Waals surface area contributed by atoms with Crippen molar-refractivity contribution in [2.24, 2.45) is 0 Å². The molecule has 0 saturated carbocycles. The van der Waals surface area contributed by atoms with Gasteiger partial charge in [0.1, 0.15) is 5.65 Å². The molecule has 5 heteroatoms. The van der Waals surface area contributed by atoms with Crippen LogP contribution in [-0.4, -0.2) is 23.0 Å². The Hall–Kier alpha value is -3.60. The van der Waals surface area contributed by atoms with Crippen molar-refractivity contribution in [3.63, 3.8) is 0 Å². The van der Waals surface area contributed by atoms with Crippen LogP contribution < -0.4 is 5.32 Å². The van der Waals surface area contributed by atoms with Crippen molar-refractivity contribution in [2.75, 3.05) is 12.4 Å². The average molecular weight is 355 g/mol. The van der Waals surface area contributed by atoms with E-state index in [1.165, 1.54) is 7.11 Å². The summed E-state index contributed by atoms with van der Waals surface area (Å²) < 4.78 is 4.80. The second-order valence-electron chi connectivity index (χ2n) is 6.56. The van der Waals surface area contributed by atoms with E-state index in [2.05, 4.69) is 33.5 Å². The number of carbonyl (C=O) groups excluding carboxylic acids is 1. The number of hydrogen-bond donors (Lipinski definition) is 2. The van der Waals surface area contributed by atoms with Crippen molar-refractivity contribution in [1.82, 2.24) is 9.97 Å². The molecule has 132 valence electrons. The molecule has 1 aliphatic rings. The summed E-state index contributed by atoms with van der Waals surface area (Å²) in [5, 5.41) is 4.79. The summed E-state index contributed by atoms with van der Waals surface area (Å²) in [6.07, 6.45) is 3.85. The molecule has 0 saturated heterocycles. The first-order chi connectivity index (χ1) is 13.3. The number of hydrogen-bond acceptors (Lipinski definition) is 4. The lowest BCUT2D eigenvalue weighted by molar-refractivity contribution is 0.0600. The third-order valence-electron chi connectivity index (χ3n) is 5.10. The molecule has 1 unspecified atom stereocenters. The summed E-state index contributed by atoms with van der Waals surface area (Å²) in [6, 6.07) is 17.8. The summed E-state index contributed by atoms with van der Waals surface area (Å²) in [6.45, 7) is 0. The highest BCUT2D eigenvalue weighted by Gasteiger charge is 2.25. The number of aromatic amines is 1. The van der Waals surface area contributed by atoms with Gasteiger partial charge in [0.2, 0.25) is 0 Å². The van der Waals surface area contributed by atoms with Crippen molar-refractivity contribution >= 4 is 22.7 Å². The SMILES string of the molecule is COC(=O)c1ccc(C2Nc3ccccc3-c3ccnc4[nH]cc2c34)cc1. The molecule has 0 spiro atoms. The zero-order chi connectivity index (χ0) is 18.4. The minimum absolute atomic E-state index is 0.0583. The number of fused-ring (bicyclic) bond motifs is 2. The van der Waals surface area contributed by atoms with Crippen LogP contribution in [-0.2, 0) is 4.74 Å². The molecule has 2 N–H and O–H groups in total. The molecule has 5 nitrogen and oxygen atoms in total. The van der Waals surface area contributed by atoms with Crippen LogP contribution in [0.4, 0.5) is 5.69 Å². The first kappa shape index (κ1) is 15.6. The maximum absolute atomic E-state index is 11.7. The Balaban J connectivity index is 1.71. The lowest BCUT2D eigenvalue weighted by Gasteiger charge is -2.19. The van der Waals surface area contributed by atoms with Gasteiger partial charge in [0.15, 0.2) is 0 Å². The average Bonchev–Trinajstić information content (AvgIpc) is 3.09. The highest BCUT2D eigenvalue weighted by molar-refractivity contribution is 6.01. The summed E-state index contributed by atoms with van der Waals surface area (Å²) in [5.74, 6) is -0.334. The summed E-state index contributed by atoms with van der Waals surface area (Å²) in [5.41, 5.74) is 7.00. The number of ether oxygens (including phenoxy) is 1. The maximum atomic E-state index is 11.7. The molecule has 5 rings (SSSR count). The standard InChI is InChI=1S/C22H17N3O2/c1-27-22(26)14-8-6-13(7-9-14)20-17-12-24-21-19(17)16(10-11-23-21)15-4-2-3-5-18(15)25-20/h2-12,20,25H,1H3,(H,23,24). The Labute approximate surface area is 156 Å². The fourth-order valence-electron chi connectivity index (χ4n) is 3.80. The molecule has 2 aromatic heterocycles. The van der Waals surface area contributed by atoms with Gasteiger partial charge < -0.3 is 15.0 Å². The lowest BCUT2D eigenvalue weighted by atomic mass is 9.96. The van der Waals surface area contributed by atoms with E-state index in [1.807, 2.05) is 36.7 Å². The molecule has 4 aromatic rings.